The van der Waals surface area contributed by atoms with Gasteiger partial charge in [-0.3, -0.25) is 0 Å². The van der Waals surface area contributed by atoms with E-state index in [4.69, 9.17) is 0 Å². The predicted molar refractivity (Wildman–Crippen MR) is 105 cm³/mol. The third kappa shape index (κ3) is 5.02. The summed E-state index contributed by atoms with van der Waals surface area (Å²) in [4.78, 5) is 4.32. The minimum Gasteiger partial charge on any atom is -0.320 e. The van der Waals surface area contributed by atoms with Gasteiger partial charge in [0.2, 0.25) is 5.82 Å². The number of aromatic nitrogens is 4. The highest BCUT2D eigenvalue weighted by molar-refractivity contribution is 6.56. The van der Waals surface area contributed by atoms with Crippen LogP contribution >= 0.6 is 0 Å². The molecule has 0 bridgehead atoms. The van der Waals surface area contributed by atoms with Crippen LogP contribution in [0.15, 0.2) is 24.3 Å². The molecule has 0 aliphatic rings. The minimum atomic E-state index is -0.509. The number of nitrogens with zero attached hydrogens (tertiary/aromatic N) is 5. The zero-order valence-corrected chi connectivity index (χ0v) is 18.4. The minimum absolute atomic E-state index is 0.156. The third-order valence-corrected chi connectivity index (χ3v) is 6.56. The molecule has 0 saturated heterocycles. The Hall–Kier alpha value is -0.984. The second-order valence-corrected chi connectivity index (χ2v) is 10.8. The molecule has 1 aromatic carbocycles. The summed E-state index contributed by atoms with van der Waals surface area (Å²) in [6, 6.07) is 9.67. The van der Waals surface area contributed by atoms with Gasteiger partial charge in [0.05, 0.1) is 5.54 Å². The van der Waals surface area contributed by atoms with E-state index in [0.29, 0.717) is 16.3 Å². The lowest BCUT2D eigenvalue weighted by Crippen LogP contribution is -2.49. The molecule has 0 spiro atoms. The molecule has 2 aromatic rings. The van der Waals surface area contributed by atoms with Gasteiger partial charge in [-0.05, 0) is 59.2 Å². The summed E-state index contributed by atoms with van der Waals surface area (Å²) in [5, 5.41) is 13.2. The van der Waals surface area contributed by atoms with Crippen LogP contribution in [0.5, 0.6) is 0 Å². The summed E-state index contributed by atoms with van der Waals surface area (Å²) in [7, 11) is 0. The van der Waals surface area contributed by atoms with Crippen LogP contribution < -0.4 is 3.69 Å². The molecule has 0 aliphatic heterocycles. The second-order valence-electron chi connectivity index (χ2n) is 8.42. The molecule has 1 atom stereocenters. The van der Waals surface area contributed by atoms with E-state index in [1.54, 1.807) is 4.80 Å². The van der Waals surface area contributed by atoms with Crippen LogP contribution in [-0.2, 0) is 5.54 Å². The molecule has 0 radical (unpaired) electrons. The van der Waals surface area contributed by atoms with Crippen molar-refractivity contribution in [2.75, 3.05) is 0 Å². The zero-order valence-electron chi connectivity index (χ0n) is 17.0. The van der Waals surface area contributed by atoms with E-state index >= 15 is 0 Å². The maximum absolute atomic E-state index is 4.64. The number of benzene rings is 1. The van der Waals surface area contributed by atoms with Crippen LogP contribution in [0.2, 0.25) is 0 Å². The molecular weight excluding hydrogens is 323 g/mol. The summed E-state index contributed by atoms with van der Waals surface area (Å²) in [5.74, 6) is 0.742. The van der Waals surface area contributed by atoms with Gasteiger partial charge in [-0.2, -0.15) is 8.49 Å². The molecule has 5 nitrogen and oxygen atoms in total. The molecule has 0 saturated carbocycles. The van der Waals surface area contributed by atoms with Crippen molar-refractivity contribution in [1.82, 2.24) is 25.1 Å². The number of hydrogen-bond donors (Lipinski definition) is 0. The van der Waals surface area contributed by atoms with E-state index in [0.717, 1.165) is 11.4 Å². The molecule has 0 aliphatic carbocycles. The molecule has 2 rings (SSSR count). The normalized spacial score (nSPS) is 13.6. The third-order valence-electron chi connectivity index (χ3n) is 4.49. The van der Waals surface area contributed by atoms with Crippen molar-refractivity contribution in [3.05, 3.63) is 24.3 Å². The lowest BCUT2D eigenvalue weighted by atomic mass is 10.1. The lowest BCUT2D eigenvalue weighted by molar-refractivity contribution is 0.163. The average molecular weight is 354 g/mol. The largest absolute Gasteiger partial charge is 0.435 e. The smallest absolute Gasteiger partial charge is 0.320 e. The van der Waals surface area contributed by atoms with Crippen LogP contribution in [0.1, 0.15) is 55.4 Å². The van der Waals surface area contributed by atoms with Gasteiger partial charge in [-0.1, -0.05) is 35.4 Å². The topological polar surface area (TPSA) is 46.8 Å². The Labute approximate surface area is 161 Å². The summed E-state index contributed by atoms with van der Waals surface area (Å²) in [6.07, 6.45) is 0. The molecule has 0 N–H and O–H groups in total. The Balaban J connectivity index is 2.31. The number of tetrazole rings is 1. The predicted octanol–water partition coefficient (Wildman–Crippen LogP) is 2.89. The summed E-state index contributed by atoms with van der Waals surface area (Å²) < 4.78 is 1.99. The second kappa shape index (κ2) is 8.14. The monoisotopic (exact) mass is 353 g/mol. The Kier molecular flexibility index (Phi) is 6.62. The van der Waals surface area contributed by atoms with Gasteiger partial charge in [0.1, 0.15) is 0 Å². The van der Waals surface area contributed by atoms with Gasteiger partial charge in [0.25, 0.3) is 0 Å². The summed E-state index contributed by atoms with van der Waals surface area (Å²) in [6.45, 7) is 17.8. The number of rotatable bonds is 6. The Morgan fingerprint density at radius 1 is 1.00 bits per heavy atom. The van der Waals surface area contributed by atoms with Gasteiger partial charge in [0, 0.05) is 12.1 Å². The molecule has 0 amide bonds. The van der Waals surface area contributed by atoms with Gasteiger partial charge in [0.15, 0.2) is 0 Å². The SMILES string of the molecule is CC(C)N(C(C)C)[CH](C)[Mg][c]1ccccc1-c1nnn(C(C)(C)C)n1. The molecule has 1 unspecified atom stereocenters. The first-order chi connectivity index (χ1) is 11.6. The van der Waals surface area contributed by atoms with Crippen LogP contribution in [-0.4, -0.2) is 61.7 Å². The summed E-state index contributed by atoms with van der Waals surface area (Å²) >= 11 is -0.509. The van der Waals surface area contributed by atoms with Crippen molar-refractivity contribution in [2.24, 2.45) is 0 Å². The van der Waals surface area contributed by atoms with Crippen molar-refractivity contribution < 1.29 is 0 Å². The van der Waals surface area contributed by atoms with Crippen LogP contribution in [0, 0.1) is 0 Å². The Morgan fingerprint density at radius 3 is 2.12 bits per heavy atom. The molecule has 6 heteroatoms. The first-order valence-electron chi connectivity index (χ1n) is 9.27. The fourth-order valence-corrected chi connectivity index (χ4v) is 6.02. The fraction of sp³-hybridized carbons (Fsp3) is 0.632. The highest BCUT2D eigenvalue weighted by Crippen LogP contribution is 2.16. The van der Waals surface area contributed by atoms with E-state index in [9.17, 15) is 0 Å². The molecular formula is C19H31MgN5. The van der Waals surface area contributed by atoms with Crippen molar-refractivity contribution in [2.45, 2.75) is 77.2 Å². The van der Waals surface area contributed by atoms with Crippen molar-refractivity contribution in [3.8, 4) is 11.4 Å². The highest BCUT2D eigenvalue weighted by Gasteiger charge is 2.25. The van der Waals surface area contributed by atoms with Gasteiger partial charge < -0.3 is 4.90 Å². The molecule has 0 fully saturated rings. The van der Waals surface area contributed by atoms with E-state index in [-0.39, 0.29) is 5.54 Å². The van der Waals surface area contributed by atoms with Crippen LogP contribution in [0.25, 0.3) is 11.4 Å². The molecule has 1 heterocycles. The zero-order chi connectivity index (χ0) is 18.8. The quantitative estimate of drug-likeness (QED) is 0.749. The fourth-order valence-electron chi connectivity index (χ4n) is 3.56. The number of hydrogen-bond acceptors (Lipinski definition) is 4. The van der Waals surface area contributed by atoms with Crippen LogP contribution in [0.4, 0.5) is 0 Å². The van der Waals surface area contributed by atoms with Gasteiger partial charge in [-0.15, -0.1) is 10.2 Å². The lowest BCUT2D eigenvalue weighted by Gasteiger charge is -2.37. The standard InChI is InChI=1S/C11H13N4.C8H18N.Mg/c1-11(2,3)15-13-10(12-14-15)9-7-5-4-6-8-9;1-6-9(7(2)3)8(4)5;/h4-7H,1-3H3;6-8H,1-5H3;. The average Bonchev–Trinajstić information content (AvgIpc) is 2.96. The van der Waals surface area contributed by atoms with E-state index in [1.807, 2.05) is 0 Å². The van der Waals surface area contributed by atoms with Gasteiger partial charge in [-0.25, -0.2) is 0 Å². The maximum atomic E-state index is 4.64. The van der Waals surface area contributed by atoms with E-state index in [1.165, 1.54) is 3.69 Å². The van der Waals surface area contributed by atoms with Gasteiger partial charge >= 0.3 is 20.4 Å². The maximum Gasteiger partial charge on any atom is 0.435 e. The first kappa shape index (κ1) is 20.3. The Morgan fingerprint density at radius 2 is 1.60 bits per heavy atom. The van der Waals surface area contributed by atoms with Crippen LogP contribution in [0.3, 0.4) is 0 Å². The molecule has 1 aromatic heterocycles. The first-order valence-corrected chi connectivity index (χ1v) is 10.8. The van der Waals surface area contributed by atoms with Crippen molar-refractivity contribution >= 4 is 24.1 Å². The Bertz CT molecular complexity index is 679. The summed E-state index contributed by atoms with van der Waals surface area (Å²) in [5.41, 5.74) is 0.987. The molecule has 25 heavy (non-hydrogen) atoms. The highest BCUT2D eigenvalue weighted by atomic mass is 24.5. The van der Waals surface area contributed by atoms with Crippen molar-refractivity contribution in [3.63, 3.8) is 0 Å². The molecule has 134 valence electrons. The van der Waals surface area contributed by atoms with E-state index in [2.05, 4.69) is 100.0 Å². The van der Waals surface area contributed by atoms with E-state index < -0.39 is 20.4 Å². The van der Waals surface area contributed by atoms with Crippen molar-refractivity contribution in [1.29, 1.82) is 0 Å².